The highest BCUT2D eigenvalue weighted by atomic mass is 19.4. The van der Waals surface area contributed by atoms with Gasteiger partial charge < -0.3 is 10.7 Å². The first-order valence-electron chi connectivity index (χ1n) is 5.49. The molecular weight excluding hydrogens is 275 g/mol. The molecule has 0 bridgehead atoms. The molecule has 3 rings (SSSR count). The summed E-state index contributed by atoms with van der Waals surface area (Å²) in [5.74, 6) is 0.379. The molecular formula is C10H8F3N7. The third kappa shape index (κ3) is 2.15. The average Bonchev–Trinajstić information content (AvgIpc) is 2.93. The third-order valence-electron chi connectivity index (χ3n) is 2.61. The predicted octanol–water partition coefficient (Wildman–Crippen LogP) is 1.36. The van der Waals surface area contributed by atoms with Crippen molar-refractivity contribution in [1.82, 2.24) is 29.7 Å². The van der Waals surface area contributed by atoms with Crippen molar-refractivity contribution >= 4 is 17.0 Å². The Balaban J connectivity index is 2.08. The molecule has 0 amide bonds. The first kappa shape index (κ1) is 12.4. The van der Waals surface area contributed by atoms with Crippen LogP contribution in [0.1, 0.15) is 0 Å². The normalized spacial score (nSPS) is 12.2. The van der Waals surface area contributed by atoms with Crippen LogP contribution in [0.4, 0.5) is 19.0 Å². The van der Waals surface area contributed by atoms with E-state index >= 15 is 0 Å². The second-order valence-corrected chi connectivity index (χ2v) is 4.03. The summed E-state index contributed by atoms with van der Waals surface area (Å²) in [6.45, 7) is -1.20. The van der Waals surface area contributed by atoms with Crippen LogP contribution in [0.15, 0.2) is 18.6 Å². The van der Waals surface area contributed by atoms with Crippen molar-refractivity contribution in [3.8, 4) is 11.5 Å². The number of hydrogen-bond donors (Lipinski definition) is 2. The van der Waals surface area contributed by atoms with Gasteiger partial charge in [-0.25, -0.2) is 15.0 Å². The van der Waals surface area contributed by atoms with E-state index in [4.69, 9.17) is 5.73 Å². The van der Waals surface area contributed by atoms with Crippen molar-refractivity contribution in [2.75, 3.05) is 5.73 Å². The lowest BCUT2D eigenvalue weighted by Crippen LogP contribution is -2.19. The Bertz CT molecular complexity index is 758. The van der Waals surface area contributed by atoms with Crippen LogP contribution in [0.3, 0.4) is 0 Å². The average molecular weight is 283 g/mol. The molecule has 0 aliphatic rings. The molecule has 0 unspecified atom stereocenters. The van der Waals surface area contributed by atoms with Crippen molar-refractivity contribution in [3.05, 3.63) is 18.6 Å². The Morgan fingerprint density at radius 1 is 1.30 bits per heavy atom. The van der Waals surface area contributed by atoms with E-state index in [1.807, 2.05) is 0 Å². The standard InChI is InChI=1S/C10H8F3N7/c11-10(12,13)3-20-5(1-2-17-20)8-18-6-7(14)15-4-16-9(6)19-8/h1-2,4H,3H2,(H3,14,15,16,18,19). The molecule has 3 aromatic rings. The fourth-order valence-corrected chi connectivity index (χ4v) is 1.80. The zero-order valence-electron chi connectivity index (χ0n) is 9.89. The van der Waals surface area contributed by atoms with Gasteiger partial charge in [0.15, 0.2) is 17.3 Å². The minimum absolute atomic E-state index is 0.177. The van der Waals surface area contributed by atoms with Crippen LogP contribution >= 0.6 is 0 Å². The van der Waals surface area contributed by atoms with Crippen molar-refractivity contribution in [2.24, 2.45) is 0 Å². The topological polar surface area (TPSA) is 98.3 Å². The minimum atomic E-state index is -4.37. The summed E-state index contributed by atoms with van der Waals surface area (Å²) in [4.78, 5) is 14.6. The van der Waals surface area contributed by atoms with E-state index in [9.17, 15) is 13.2 Å². The van der Waals surface area contributed by atoms with Crippen LogP contribution in [-0.2, 0) is 6.54 Å². The van der Waals surface area contributed by atoms with Gasteiger partial charge in [0.1, 0.15) is 24.1 Å². The molecule has 0 atom stereocenters. The number of hydrogen-bond acceptors (Lipinski definition) is 5. The summed E-state index contributed by atoms with van der Waals surface area (Å²) >= 11 is 0. The van der Waals surface area contributed by atoms with Gasteiger partial charge in [-0.15, -0.1) is 0 Å². The van der Waals surface area contributed by atoms with Gasteiger partial charge in [0, 0.05) is 6.20 Å². The second-order valence-electron chi connectivity index (χ2n) is 4.03. The van der Waals surface area contributed by atoms with Crippen molar-refractivity contribution in [2.45, 2.75) is 12.7 Å². The minimum Gasteiger partial charge on any atom is -0.382 e. The molecule has 0 fully saturated rings. The van der Waals surface area contributed by atoms with Crippen LogP contribution in [0.25, 0.3) is 22.7 Å². The van der Waals surface area contributed by atoms with Crippen molar-refractivity contribution in [1.29, 1.82) is 0 Å². The summed E-state index contributed by atoms with van der Waals surface area (Å²) < 4.78 is 38.2. The second kappa shape index (κ2) is 4.18. The molecule has 0 saturated carbocycles. The number of rotatable bonds is 2. The zero-order chi connectivity index (χ0) is 14.3. The monoisotopic (exact) mass is 283 g/mol. The summed E-state index contributed by atoms with van der Waals surface area (Å²) in [7, 11) is 0. The van der Waals surface area contributed by atoms with Crippen molar-refractivity contribution < 1.29 is 13.2 Å². The first-order valence-corrected chi connectivity index (χ1v) is 5.49. The molecule has 104 valence electrons. The lowest BCUT2D eigenvalue weighted by molar-refractivity contribution is -0.142. The molecule has 0 aliphatic heterocycles. The molecule has 0 aliphatic carbocycles. The van der Waals surface area contributed by atoms with Gasteiger partial charge >= 0.3 is 6.18 Å². The van der Waals surface area contributed by atoms with Crippen LogP contribution in [-0.4, -0.2) is 35.9 Å². The highest BCUT2D eigenvalue weighted by Crippen LogP contribution is 2.24. The molecule has 10 heteroatoms. The number of nitrogens with zero attached hydrogens (tertiary/aromatic N) is 5. The summed E-state index contributed by atoms with van der Waals surface area (Å²) in [5.41, 5.74) is 6.49. The maximum atomic E-state index is 12.4. The molecule has 3 heterocycles. The molecule has 0 saturated heterocycles. The van der Waals surface area contributed by atoms with E-state index in [1.54, 1.807) is 0 Å². The van der Waals surface area contributed by atoms with Crippen LogP contribution in [0.2, 0.25) is 0 Å². The third-order valence-corrected chi connectivity index (χ3v) is 2.61. The van der Waals surface area contributed by atoms with E-state index < -0.39 is 12.7 Å². The van der Waals surface area contributed by atoms with E-state index in [0.717, 1.165) is 4.68 Å². The first-order chi connectivity index (χ1) is 9.44. The molecule has 0 aromatic carbocycles. The number of aromatic amines is 1. The lowest BCUT2D eigenvalue weighted by Gasteiger charge is -2.08. The largest absolute Gasteiger partial charge is 0.408 e. The maximum absolute atomic E-state index is 12.4. The number of nitrogens with two attached hydrogens (primary N) is 1. The van der Waals surface area contributed by atoms with Gasteiger partial charge in [0.25, 0.3) is 0 Å². The molecule has 3 N–H and O–H groups in total. The summed E-state index contributed by atoms with van der Waals surface area (Å²) in [5, 5.41) is 3.64. The molecule has 7 nitrogen and oxygen atoms in total. The predicted molar refractivity (Wildman–Crippen MR) is 63.4 cm³/mol. The van der Waals surface area contributed by atoms with E-state index in [-0.39, 0.29) is 23.0 Å². The zero-order valence-corrected chi connectivity index (χ0v) is 9.89. The van der Waals surface area contributed by atoms with Gasteiger partial charge in [-0.1, -0.05) is 0 Å². The van der Waals surface area contributed by atoms with E-state index in [1.165, 1.54) is 18.6 Å². The number of nitrogen functional groups attached to an aromatic ring is 1. The molecule has 0 radical (unpaired) electrons. The number of halogens is 3. The highest BCUT2D eigenvalue weighted by molar-refractivity contribution is 5.83. The highest BCUT2D eigenvalue weighted by Gasteiger charge is 2.30. The Morgan fingerprint density at radius 2 is 2.10 bits per heavy atom. The van der Waals surface area contributed by atoms with Gasteiger partial charge in [0.05, 0.1) is 0 Å². The van der Waals surface area contributed by atoms with E-state index in [0.29, 0.717) is 5.52 Å². The fourth-order valence-electron chi connectivity index (χ4n) is 1.80. The maximum Gasteiger partial charge on any atom is 0.408 e. The quantitative estimate of drug-likeness (QED) is 0.740. The SMILES string of the molecule is Nc1ncnc2nc(-c3ccnn3CC(F)(F)F)[nH]c12. The molecule has 0 spiro atoms. The fraction of sp³-hybridized carbons (Fsp3) is 0.200. The molecule has 3 aromatic heterocycles. The summed E-state index contributed by atoms with van der Waals surface area (Å²) in [6.07, 6.45) is -1.87. The smallest absolute Gasteiger partial charge is 0.382 e. The number of alkyl halides is 3. The Kier molecular flexibility index (Phi) is 2.59. The lowest BCUT2D eigenvalue weighted by atomic mass is 10.4. The number of nitrogens with one attached hydrogen (secondary N) is 1. The number of aromatic nitrogens is 6. The van der Waals surface area contributed by atoms with E-state index in [2.05, 4.69) is 25.0 Å². The number of fused-ring (bicyclic) bond motifs is 1. The van der Waals surface area contributed by atoms with Crippen LogP contribution in [0, 0.1) is 0 Å². The van der Waals surface area contributed by atoms with Gasteiger partial charge in [0.2, 0.25) is 0 Å². The van der Waals surface area contributed by atoms with Crippen LogP contribution in [0.5, 0.6) is 0 Å². The van der Waals surface area contributed by atoms with Crippen LogP contribution < -0.4 is 5.73 Å². The van der Waals surface area contributed by atoms with Crippen molar-refractivity contribution in [3.63, 3.8) is 0 Å². The van der Waals surface area contributed by atoms with Gasteiger partial charge in [-0.2, -0.15) is 18.3 Å². The summed E-state index contributed by atoms with van der Waals surface area (Å²) in [6, 6.07) is 1.42. The molecule has 20 heavy (non-hydrogen) atoms. The number of anilines is 1. The Labute approximate surface area is 109 Å². The number of imidazole rings is 1. The number of H-pyrrole nitrogens is 1. The Morgan fingerprint density at radius 3 is 2.80 bits per heavy atom. The van der Waals surface area contributed by atoms with Gasteiger partial charge in [-0.05, 0) is 6.07 Å². The van der Waals surface area contributed by atoms with Gasteiger partial charge in [-0.3, -0.25) is 4.68 Å². The Hall–Kier alpha value is -2.65.